The van der Waals surface area contributed by atoms with Crippen molar-refractivity contribution in [1.29, 1.82) is 0 Å². The van der Waals surface area contributed by atoms with Crippen molar-refractivity contribution in [1.82, 2.24) is 4.98 Å². The van der Waals surface area contributed by atoms with Crippen molar-refractivity contribution in [2.45, 2.75) is 13.3 Å². The average Bonchev–Trinajstić information content (AvgIpc) is 2.64. The number of benzene rings is 2. The van der Waals surface area contributed by atoms with Gasteiger partial charge >= 0.3 is 12.0 Å². The SMILES string of the molecule is CCOC(=O)Cc1ccc(NC(=O)Nc2cc(F)c3[nH]c(=O)ccc3c2)cc1. The molecule has 8 heteroatoms. The van der Waals surface area contributed by atoms with Gasteiger partial charge < -0.3 is 20.4 Å². The number of esters is 1. The zero-order valence-electron chi connectivity index (χ0n) is 15.0. The highest BCUT2D eigenvalue weighted by atomic mass is 19.1. The first-order chi connectivity index (χ1) is 13.4. The van der Waals surface area contributed by atoms with Gasteiger partial charge in [-0.2, -0.15) is 0 Å². The molecule has 0 aliphatic heterocycles. The lowest BCUT2D eigenvalue weighted by atomic mass is 10.1. The van der Waals surface area contributed by atoms with Crippen LogP contribution >= 0.6 is 0 Å². The fourth-order valence-electron chi connectivity index (χ4n) is 2.67. The second-order valence-corrected chi connectivity index (χ2v) is 6.00. The first-order valence-corrected chi connectivity index (χ1v) is 8.60. The highest BCUT2D eigenvalue weighted by molar-refractivity contribution is 6.01. The van der Waals surface area contributed by atoms with E-state index in [0.717, 1.165) is 11.6 Å². The number of ether oxygens (including phenoxy) is 1. The van der Waals surface area contributed by atoms with E-state index in [-0.39, 0.29) is 23.6 Å². The molecule has 144 valence electrons. The Morgan fingerprint density at radius 2 is 1.75 bits per heavy atom. The van der Waals surface area contributed by atoms with Crippen molar-refractivity contribution in [3.8, 4) is 0 Å². The summed E-state index contributed by atoms with van der Waals surface area (Å²) in [6.45, 7) is 2.06. The number of pyridine rings is 1. The van der Waals surface area contributed by atoms with Gasteiger partial charge in [-0.3, -0.25) is 9.59 Å². The fourth-order valence-corrected chi connectivity index (χ4v) is 2.67. The van der Waals surface area contributed by atoms with Crippen LogP contribution in [-0.4, -0.2) is 23.6 Å². The third-order valence-electron chi connectivity index (χ3n) is 3.91. The summed E-state index contributed by atoms with van der Waals surface area (Å²) in [5, 5.41) is 5.63. The van der Waals surface area contributed by atoms with Crippen LogP contribution in [0.2, 0.25) is 0 Å². The maximum Gasteiger partial charge on any atom is 0.323 e. The molecular weight excluding hydrogens is 365 g/mol. The molecule has 0 fully saturated rings. The van der Waals surface area contributed by atoms with Crippen LogP contribution in [0.25, 0.3) is 10.9 Å². The van der Waals surface area contributed by atoms with Gasteiger partial charge in [0.05, 0.1) is 18.5 Å². The van der Waals surface area contributed by atoms with Crippen molar-refractivity contribution in [2.24, 2.45) is 0 Å². The summed E-state index contributed by atoms with van der Waals surface area (Å²) in [5.41, 5.74) is 1.19. The summed E-state index contributed by atoms with van der Waals surface area (Å²) in [7, 11) is 0. The Morgan fingerprint density at radius 3 is 2.46 bits per heavy atom. The molecule has 0 bridgehead atoms. The monoisotopic (exact) mass is 383 g/mol. The number of H-pyrrole nitrogens is 1. The molecule has 0 atom stereocenters. The number of aromatic amines is 1. The van der Waals surface area contributed by atoms with Gasteiger partial charge in [-0.05, 0) is 42.8 Å². The van der Waals surface area contributed by atoms with Crippen molar-refractivity contribution in [2.75, 3.05) is 17.2 Å². The molecule has 1 heterocycles. The normalized spacial score (nSPS) is 10.5. The predicted molar refractivity (Wildman–Crippen MR) is 104 cm³/mol. The molecular formula is C20H18FN3O4. The summed E-state index contributed by atoms with van der Waals surface area (Å²) in [6.07, 6.45) is 0.152. The molecule has 3 N–H and O–H groups in total. The number of hydrogen-bond acceptors (Lipinski definition) is 4. The van der Waals surface area contributed by atoms with Crippen LogP contribution in [0.5, 0.6) is 0 Å². The minimum atomic E-state index is -0.645. The van der Waals surface area contributed by atoms with E-state index in [1.807, 2.05) is 0 Å². The van der Waals surface area contributed by atoms with Gasteiger partial charge in [0.15, 0.2) is 0 Å². The van der Waals surface area contributed by atoms with Crippen molar-refractivity contribution < 1.29 is 18.7 Å². The molecule has 0 saturated carbocycles. The molecule has 0 saturated heterocycles. The second kappa shape index (κ2) is 8.34. The molecule has 3 rings (SSSR count). The number of amides is 2. The van der Waals surface area contributed by atoms with E-state index in [1.54, 1.807) is 37.3 Å². The fraction of sp³-hybridized carbons (Fsp3) is 0.150. The third kappa shape index (κ3) is 4.73. The first kappa shape index (κ1) is 19.1. The number of urea groups is 1. The summed E-state index contributed by atoms with van der Waals surface area (Å²) in [4.78, 5) is 37.3. The highest BCUT2D eigenvalue weighted by Gasteiger charge is 2.09. The molecule has 0 aliphatic carbocycles. The number of hydrogen-bond donors (Lipinski definition) is 3. The van der Waals surface area contributed by atoms with E-state index in [9.17, 15) is 18.8 Å². The molecule has 2 aromatic carbocycles. The summed E-state index contributed by atoms with van der Waals surface area (Å²) in [6, 6.07) is 11.6. The van der Waals surface area contributed by atoms with Gasteiger partial charge in [-0.1, -0.05) is 12.1 Å². The summed E-state index contributed by atoms with van der Waals surface area (Å²) >= 11 is 0. The zero-order valence-corrected chi connectivity index (χ0v) is 15.0. The minimum absolute atomic E-state index is 0.0793. The quantitative estimate of drug-likeness (QED) is 0.588. The first-order valence-electron chi connectivity index (χ1n) is 8.60. The molecule has 0 spiro atoms. The average molecular weight is 383 g/mol. The van der Waals surface area contributed by atoms with Crippen LogP contribution in [0.15, 0.2) is 53.3 Å². The van der Waals surface area contributed by atoms with E-state index in [0.29, 0.717) is 17.7 Å². The maximum absolute atomic E-state index is 14.1. The Morgan fingerprint density at radius 1 is 1.04 bits per heavy atom. The number of carbonyl (C=O) groups excluding carboxylic acids is 2. The second-order valence-electron chi connectivity index (χ2n) is 6.00. The molecule has 28 heavy (non-hydrogen) atoms. The van der Waals surface area contributed by atoms with Crippen LogP contribution < -0.4 is 16.2 Å². The Bertz CT molecular complexity index is 1080. The Kier molecular flexibility index (Phi) is 5.69. The van der Waals surface area contributed by atoms with Crippen molar-refractivity contribution >= 4 is 34.3 Å². The summed E-state index contributed by atoms with van der Waals surface area (Å²) < 4.78 is 19.0. The smallest absolute Gasteiger partial charge is 0.323 e. The van der Waals surface area contributed by atoms with E-state index >= 15 is 0 Å². The molecule has 1 aromatic heterocycles. The predicted octanol–water partition coefficient (Wildman–Crippen LogP) is 3.42. The van der Waals surface area contributed by atoms with Gasteiger partial charge in [0, 0.05) is 22.8 Å². The number of aromatic nitrogens is 1. The number of anilines is 2. The van der Waals surface area contributed by atoms with Crippen LogP contribution in [0.4, 0.5) is 20.6 Å². The number of fused-ring (bicyclic) bond motifs is 1. The number of halogens is 1. The largest absolute Gasteiger partial charge is 0.466 e. The number of carbonyl (C=O) groups is 2. The molecule has 3 aromatic rings. The maximum atomic E-state index is 14.1. The molecule has 0 aliphatic rings. The van der Waals surface area contributed by atoms with Gasteiger partial charge in [0.1, 0.15) is 5.82 Å². The summed E-state index contributed by atoms with van der Waals surface area (Å²) in [5.74, 6) is -0.963. The van der Waals surface area contributed by atoms with E-state index in [1.165, 1.54) is 12.1 Å². The Balaban J connectivity index is 1.65. The number of nitrogens with one attached hydrogen (secondary N) is 3. The molecule has 0 radical (unpaired) electrons. The van der Waals surface area contributed by atoms with Crippen molar-refractivity contribution in [3.63, 3.8) is 0 Å². The van der Waals surface area contributed by atoms with Crippen LogP contribution in [0, 0.1) is 5.82 Å². The third-order valence-corrected chi connectivity index (χ3v) is 3.91. The van der Waals surface area contributed by atoms with Gasteiger partial charge in [0.25, 0.3) is 0 Å². The lowest BCUT2D eigenvalue weighted by Gasteiger charge is -2.10. The highest BCUT2D eigenvalue weighted by Crippen LogP contribution is 2.20. The van der Waals surface area contributed by atoms with Gasteiger partial charge in [0.2, 0.25) is 5.56 Å². The minimum Gasteiger partial charge on any atom is -0.466 e. The van der Waals surface area contributed by atoms with E-state index < -0.39 is 17.4 Å². The Labute approximate surface area is 159 Å². The van der Waals surface area contributed by atoms with Gasteiger partial charge in [-0.15, -0.1) is 0 Å². The van der Waals surface area contributed by atoms with Crippen LogP contribution in [-0.2, 0) is 16.0 Å². The van der Waals surface area contributed by atoms with Gasteiger partial charge in [-0.25, -0.2) is 9.18 Å². The number of rotatable bonds is 5. The molecule has 2 amide bonds. The molecule has 7 nitrogen and oxygen atoms in total. The topological polar surface area (TPSA) is 100 Å². The lowest BCUT2D eigenvalue weighted by Crippen LogP contribution is -2.19. The van der Waals surface area contributed by atoms with E-state index in [2.05, 4.69) is 15.6 Å². The van der Waals surface area contributed by atoms with Crippen LogP contribution in [0.3, 0.4) is 0 Å². The molecule has 0 unspecified atom stereocenters. The van der Waals surface area contributed by atoms with Crippen molar-refractivity contribution in [3.05, 3.63) is 70.3 Å². The Hall–Kier alpha value is -3.68. The lowest BCUT2D eigenvalue weighted by molar-refractivity contribution is -0.142. The van der Waals surface area contributed by atoms with E-state index in [4.69, 9.17) is 4.74 Å². The van der Waals surface area contributed by atoms with Crippen LogP contribution in [0.1, 0.15) is 12.5 Å². The zero-order chi connectivity index (χ0) is 20.1. The standard InChI is InChI=1S/C20H18FN3O4/c1-2-28-18(26)9-12-3-6-14(7-4-12)22-20(27)23-15-10-13-5-8-17(25)24-19(13)16(21)11-15/h3-8,10-11H,2,9H2,1H3,(H,24,25)(H2,22,23,27).